The van der Waals surface area contributed by atoms with Gasteiger partial charge in [0.15, 0.2) is 11.2 Å². The van der Waals surface area contributed by atoms with Gasteiger partial charge in [-0.2, -0.15) is 10.0 Å². The Morgan fingerprint density at radius 1 is 0.656 bits per heavy atom. The molecule has 0 saturated carbocycles. The summed E-state index contributed by atoms with van der Waals surface area (Å²) in [7, 11) is 0. The lowest BCUT2D eigenvalue weighted by Crippen LogP contribution is -2.68. The maximum absolute atomic E-state index is 13.0. The Morgan fingerprint density at radius 3 is 1.28 bits per heavy atom. The first-order valence-electron chi connectivity index (χ1n) is 10.5. The number of carbonyl (C=O) groups excluding carboxylic acids is 2. The number of hydrogen-bond acceptors (Lipinski definition) is 6. The largest absolute Gasteiger partial charge is 0.436 e. The summed E-state index contributed by atoms with van der Waals surface area (Å²) >= 11 is 0. The van der Waals surface area contributed by atoms with Crippen molar-refractivity contribution < 1.29 is 29.3 Å². The third-order valence-electron chi connectivity index (χ3n) is 6.77. The van der Waals surface area contributed by atoms with Crippen LogP contribution in [0.4, 0.5) is 9.59 Å². The molecule has 2 fully saturated rings. The van der Waals surface area contributed by atoms with Gasteiger partial charge in [-0.25, -0.2) is 9.59 Å². The standard InChI is InChI=1S/C24H28N2O6/c1-21(15-17-11-7-5-8-12-17)23(3,29)25(19(27)31-21)26-20(28)32-22(2,24(26,4)30)16-18-13-9-6-10-14-18/h5-14,29-30H,15-16H2,1-4H3/t21-,22-,23+,24+/m0/s1. The zero-order chi connectivity index (χ0) is 23.4. The molecule has 4 atom stereocenters. The maximum atomic E-state index is 13.0. The van der Waals surface area contributed by atoms with Gasteiger partial charge in [-0.3, -0.25) is 0 Å². The first-order valence-corrected chi connectivity index (χ1v) is 10.5. The van der Waals surface area contributed by atoms with Crippen LogP contribution in [0.1, 0.15) is 38.8 Å². The number of amides is 2. The number of ether oxygens (including phenoxy) is 2. The Balaban J connectivity index is 1.67. The van der Waals surface area contributed by atoms with Crippen molar-refractivity contribution in [1.29, 1.82) is 0 Å². The second-order valence-corrected chi connectivity index (χ2v) is 9.19. The van der Waals surface area contributed by atoms with Crippen molar-refractivity contribution in [2.45, 2.75) is 63.2 Å². The number of rotatable bonds is 5. The number of hydrogen-bond donors (Lipinski definition) is 2. The fraction of sp³-hybridized carbons (Fsp3) is 0.417. The van der Waals surface area contributed by atoms with Crippen LogP contribution in [-0.4, -0.2) is 55.1 Å². The molecule has 2 aliphatic rings. The van der Waals surface area contributed by atoms with Gasteiger partial charge in [0.05, 0.1) is 0 Å². The van der Waals surface area contributed by atoms with E-state index in [0.717, 1.165) is 21.1 Å². The Labute approximate surface area is 186 Å². The van der Waals surface area contributed by atoms with Crippen LogP contribution in [0, 0.1) is 0 Å². The van der Waals surface area contributed by atoms with Crippen LogP contribution < -0.4 is 0 Å². The Morgan fingerprint density at radius 2 is 0.969 bits per heavy atom. The second kappa shape index (κ2) is 7.21. The molecule has 8 nitrogen and oxygen atoms in total. The third-order valence-corrected chi connectivity index (χ3v) is 6.77. The van der Waals surface area contributed by atoms with E-state index in [0.29, 0.717) is 0 Å². The third kappa shape index (κ3) is 3.22. The van der Waals surface area contributed by atoms with E-state index in [1.54, 1.807) is 13.8 Å². The van der Waals surface area contributed by atoms with Crippen molar-refractivity contribution in [1.82, 2.24) is 10.0 Å². The average molecular weight is 440 g/mol. The summed E-state index contributed by atoms with van der Waals surface area (Å²) in [6.45, 7) is 5.96. The Kier molecular flexibility index (Phi) is 4.98. The molecule has 2 heterocycles. The predicted octanol–water partition coefficient (Wildman–Crippen LogP) is 3.23. The lowest BCUT2D eigenvalue weighted by atomic mass is 9.86. The van der Waals surface area contributed by atoms with Crippen molar-refractivity contribution in [2.75, 3.05) is 0 Å². The monoisotopic (exact) mass is 440 g/mol. The summed E-state index contributed by atoms with van der Waals surface area (Å²) in [5, 5.41) is 24.5. The van der Waals surface area contributed by atoms with E-state index in [-0.39, 0.29) is 12.8 Å². The molecule has 2 aromatic carbocycles. The first-order chi connectivity index (χ1) is 14.9. The van der Waals surface area contributed by atoms with E-state index in [9.17, 15) is 19.8 Å². The summed E-state index contributed by atoms with van der Waals surface area (Å²) in [5.41, 5.74) is -5.01. The van der Waals surface area contributed by atoms with Gasteiger partial charge in [-0.1, -0.05) is 60.7 Å². The minimum Gasteiger partial charge on any atom is -0.436 e. The van der Waals surface area contributed by atoms with Gasteiger partial charge < -0.3 is 19.7 Å². The number of benzene rings is 2. The molecule has 32 heavy (non-hydrogen) atoms. The van der Waals surface area contributed by atoms with E-state index in [1.807, 2.05) is 60.7 Å². The molecule has 8 heteroatoms. The van der Waals surface area contributed by atoms with E-state index in [1.165, 1.54) is 13.8 Å². The number of cyclic esters (lactones) is 2. The highest BCUT2D eigenvalue weighted by Crippen LogP contribution is 2.47. The maximum Gasteiger partial charge on any atom is 0.432 e. The van der Waals surface area contributed by atoms with Crippen molar-refractivity contribution in [3.05, 3.63) is 71.8 Å². The average Bonchev–Trinajstić information content (AvgIpc) is 2.98. The zero-order valence-electron chi connectivity index (χ0n) is 18.6. The molecular weight excluding hydrogens is 412 g/mol. The summed E-state index contributed by atoms with van der Waals surface area (Å²) in [5.74, 6) is 0. The molecule has 4 rings (SSSR count). The fourth-order valence-electron chi connectivity index (χ4n) is 4.40. The van der Waals surface area contributed by atoms with Gasteiger partial charge in [-0.15, -0.1) is 0 Å². The molecule has 2 N–H and O–H groups in total. The predicted molar refractivity (Wildman–Crippen MR) is 115 cm³/mol. The lowest BCUT2D eigenvalue weighted by molar-refractivity contribution is -0.245. The van der Waals surface area contributed by atoms with Crippen LogP contribution in [0.5, 0.6) is 0 Å². The molecule has 0 bridgehead atoms. The summed E-state index contributed by atoms with van der Waals surface area (Å²) in [6.07, 6.45) is -1.49. The van der Waals surface area contributed by atoms with Gasteiger partial charge in [-0.05, 0) is 38.8 Å². The van der Waals surface area contributed by atoms with Gasteiger partial charge in [0.1, 0.15) is 0 Å². The number of aliphatic hydroxyl groups is 2. The Hall–Kier alpha value is -3.10. The minimum absolute atomic E-state index is 0.204. The zero-order valence-corrected chi connectivity index (χ0v) is 18.6. The molecular formula is C24H28N2O6. The molecule has 2 saturated heterocycles. The van der Waals surface area contributed by atoms with E-state index < -0.39 is 34.8 Å². The second-order valence-electron chi connectivity index (χ2n) is 9.19. The van der Waals surface area contributed by atoms with Gasteiger partial charge >= 0.3 is 12.2 Å². The molecule has 0 spiro atoms. The van der Waals surface area contributed by atoms with Crippen LogP contribution in [0.25, 0.3) is 0 Å². The van der Waals surface area contributed by atoms with E-state index in [2.05, 4.69) is 0 Å². The van der Waals surface area contributed by atoms with Crippen molar-refractivity contribution in [3.8, 4) is 0 Å². The van der Waals surface area contributed by atoms with Gasteiger partial charge in [0.25, 0.3) is 0 Å². The normalized spacial score (nSPS) is 34.6. The summed E-state index contributed by atoms with van der Waals surface area (Å²) in [4.78, 5) is 25.9. The smallest absolute Gasteiger partial charge is 0.432 e. The highest BCUT2D eigenvalue weighted by atomic mass is 16.7. The molecule has 2 amide bonds. The SMILES string of the molecule is C[C@]1(O)N(N2C(=O)O[C@@](C)(Cc3ccccc3)[C@@]2(C)O)C(=O)O[C@@]1(C)Cc1ccccc1. The van der Waals surface area contributed by atoms with Crippen LogP contribution in [0.3, 0.4) is 0 Å². The van der Waals surface area contributed by atoms with Crippen LogP contribution in [-0.2, 0) is 22.3 Å². The van der Waals surface area contributed by atoms with Gasteiger partial charge in [0.2, 0.25) is 11.4 Å². The molecule has 0 aliphatic carbocycles. The molecule has 2 aliphatic heterocycles. The van der Waals surface area contributed by atoms with Crippen molar-refractivity contribution in [2.24, 2.45) is 0 Å². The Bertz CT molecular complexity index is 942. The summed E-state index contributed by atoms with van der Waals surface area (Å²) in [6, 6.07) is 18.5. The van der Waals surface area contributed by atoms with Crippen LogP contribution in [0.15, 0.2) is 60.7 Å². The fourth-order valence-corrected chi connectivity index (χ4v) is 4.40. The summed E-state index contributed by atoms with van der Waals surface area (Å²) < 4.78 is 11.2. The van der Waals surface area contributed by atoms with E-state index in [4.69, 9.17) is 9.47 Å². The quantitative estimate of drug-likeness (QED) is 0.741. The number of nitrogens with zero attached hydrogens (tertiary/aromatic N) is 2. The molecule has 0 unspecified atom stereocenters. The van der Waals surface area contributed by atoms with E-state index >= 15 is 0 Å². The number of hydrazine groups is 1. The highest BCUT2D eigenvalue weighted by Gasteiger charge is 2.70. The number of carbonyl (C=O) groups is 2. The topological polar surface area (TPSA) is 99.5 Å². The first kappa shape index (κ1) is 22.1. The van der Waals surface area contributed by atoms with Crippen molar-refractivity contribution in [3.63, 3.8) is 0 Å². The highest BCUT2D eigenvalue weighted by molar-refractivity contribution is 5.79. The van der Waals surface area contributed by atoms with Gasteiger partial charge in [0, 0.05) is 12.8 Å². The van der Waals surface area contributed by atoms with Crippen molar-refractivity contribution >= 4 is 12.2 Å². The van der Waals surface area contributed by atoms with Crippen LogP contribution in [0.2, 0.25) is 0 Å². The molecule has 2 aromatic rings. The molecule has 170 valence electrons. The lowest BCUT2D eigenvalue weighted by Gasteiger charge is -2.44. The minimum atomic E-state index is -1.96. The van der Waals surface area contributed by atoms with Crippen LogP contribution >= 0.6 is 0 Å². The molecule has 0 radical (unpaired) electrons. The molecule has 0 aromatic heterocycles.